The average molecular weight is 284 g/mol. The highest BCUT2D eigenvalue weighted by Crippen LogP contribution is 2.36. The van der Waals surface area contributed by atoms with Crippen LogP contribution in [-0.4, -0.2) is 20.2 Å². The predicted molar refractivity (Wildman–Crippen MR) is 69.5 cm³/mol. The molecule has 1 saturated heterocycles. The van der Waals surface area contributed by atoms with E-state index in [-0.39, 0.29) is 6.10 Å². The van der Waals surface area contributed by atoms with Crippen LogP contribution in [0.25, 0.3) is 0 Å². The first-order chi connectivity index (χ1) is 7.83. The monoisotopic (exact) mass is 283 g/mol. The highest BCUT2D eigenvalue weighted by Gasteiger charge is 2.27. The predicted octanol–water partition coefficient (Wildman–Crippen LogP) is 3.14. The van der Waals surface area contributed by atoms with E-state index in [1.165, 1.54) is 18.4 Å². The Labute approximate surface area is 106 Å². The maximum absolute atomic E-state index is 5.94. The summed E-state index contributed by atoms with van der Waals surface area (Å²) >= 11 is 3.61. The lowest BCUT2D eigenvalue weighted by atomic mass is 9.89. The molecule has 1 N–H and O–H groups in total. The van der Waals surface area contributed by atoms with Gasteiger partial charge in [0.15, 0.2) is 0 Å². The van der Waals surface area contributed by atoms with Gasteiger partial charge in [0.2, 0.25) is 0 Å². The fourth-order valence-corrected chi connectivity index (χ4v) is 2.87. The lowest BCUT2D eigenvalue weighted by Gasteiger charge is -2.32. The van der Waals surface area contributed by atoms with Gasteiger partial charge in [0.1, 0.15) is 0 Å². The Morgan fingerprint density at radius 1 is 1.44 bits per heavy atom. The molecule has 1 aromatic carbocycles. The van der Waals surface area contributed by atoms with Gasteiger partial charge in [-0.05, 0) is 31.5 Å². The Hall–Kier alpha value is -0.380. The summed E-state index contributed by atoms with van der Waals surface area (Å²) in [5, 5.41) is 3.26. The molecular weight excluding hydrogens is 266 g/mol. The number of rotatable bonds is 3. The summed E-state index contributed by atoms with van der Waals surface area (Å²) in [4.78, 5) is 0. The Morgan fingerprint density at radius 2 is 2.25 bits per heavy atom. The number of benzene rings is 1. The second kappa shape index (κ2) is 5.80. The zero-order valence-corrected chi connectivity index (χ0v) is 11.2. The van der Waals surface area contributed by atoms with E-state index in [1.807, 2.05) is 13.1 Å². The number of halogens is 1. The molecule has 3 heteroatoms. The molecule has 2 rings (SSSR count). The molecular formula is C13H18BrNO. The lowest BCUT2D eigenvalue weighted by molar-refractivity contribution is -0.0276. The van der Waals surface area contributed by atoms with Crippen molar-refractivity contribution in [2.24, 2.45) is 5.92 Å². The summed E-state index contributed by atoms with van der Waals surface area (Å²) in [7, 11) is 2.01. The van der Waals surface area contributed by atoms with Crippen molar-refractivity contribution in [3.05, 3.63) is 34.3 Å². The van der Waals surface area contributed by atoms with Crippen LogP contribution in [0.15, 0.2) is 28.7 Å². The van der Waals surface area contributed by atoms with E-state index in [1.54, 1.807) is 0 Å². The van der Waals surface area contributed by atoms with E-state index in [0.29, 0.717) is 5.92 Å². The SMILES string of the molecule is CNCC1CCCOC1c1ccccc1Br. The van der Waals surface area contributed by atoms with E-state index in [0.717, 1.165) is 17.6 Å². The van der Waals surface area contributed by atoms with E-state index in [2.05, 4.69) is 39.4 Å². The average Bonchev–Trinajstić information content (AvgIpc) is 2.31. The third-order valence-electron chi connectivity index (χ3n) is 3.12. The fraction of sp³-hybridized carbons (Fsp3) is 0.538. The molecule has 1 aliphatic heterocycles. The number of ether oxygens (including phenoxy) is 1. The number of hydrogen-bond donors (Lipinski definition) is 1. The lowest BCUT2D eigenvalue weighted by Crippen LogP contribution is -2.30. The minimum Gasteiger partial charge on any atom is -0.373 e. The fourth-order valence-electron chi connectivity index (χ4n) is 2.36. The van der Waals surface area contributed by atoms with Crippen molar-refractivity contribution in [1.82, 2.24) is 5.32 Å². The van der Waals surface area contributed by atoms with Gasteiger partial charge < -0.3 is 10.1 Å². The molecule has 88 valence electrons. The highest BCUT2D eigenvalue weighted by atomic mass is 79.9. The van der Waals surface area contributed by atoms with E-state index < -0.39 is 0 Å². The summed E-state index contributed by atoms with van der Waals surface area (Å²) < 4.78 is 7.10. The van der Waals surface area contributed by atoms with Gasteiger partial charge in [-0.2, -0.15) is 0 Å². The summed E-state index contributed by atoms with van der Waals surface area (Å²) in [6.07, 6.45) is 2.65. The summed E-state index contributed by atoms with van der Waals surface area (Å²) in [6.45, 7) is 1.90. The van der Waals surface area contributed by atoms with Gasteiger partial charge >= 0.3 is 0 Å². The minimum atomic E-state index is 0.233. The molecule has 1 fully saturated rings. The van der Waals surface area contributed by atoms with Crippen LogP contribution in [0.3, 0.4) is 0 Å². The molecule has 0 amide bonds. The van der Waals surface area contributed by atoms with Crippen molar-refractivity contribution in [2.75, 3.05) is 20.2 Å². The molecule has 0 bridgehead atoms. The van der Waals surface area contributed by atoms with Crippen molar-refractivity contribution in [2.45, 2.75) is 18.9 Å². The molecule has 1 aliphatic rings. The summed E-state index contributed by atoms with van der Waals surface area (Å²) in [5.41, 5.74) is 1.28. The molecule has 0 aromatic heterocycles. The maximum atomic E-state index is 5.94. The van der Waals surface area contributed by atoms with Gasteiger partial charge in [-0.25, -0.2) is 0 Å². The van der Waals surface area contributed by atoms with Crippen molar-refractivity contribution in [1.29, 1.82) is 0 Å². The normalized spacial score (nSPS) is 25.6. The number of hydrogen-bond acceptors (Lipinski definition) is 2. The summed E-state index contributed by atoms with van der Waals surface area (Å²) in [6, 6.07) is 8.37. The van der Waals surface area contributed by atoms with Gasteiger partial charge in [-0.1, -0.05) is 34.1 Å². The van der Waals surface area contributed by atoms with Crippen LogP contribution in [-0.2, 0) is 4.74 Å². The quantitative estimate of drug-likeness (QED) is 0.920. The Bertz CT molecular complexity index is 340. The van der Waals surface area contributed by atoms with Crippen LogP contribution in [0.5, 0.6) is 0 Å². The second-order valence-corrected chi connectivity index (χ2v) is 5.13. The zero-order valence-electron chi connectivity index (χ0n) is 9.58. The van der Waals surface area contributed by atoms with Crippen LogP contribution in [0.4, 0.5) is 0 Å². The van der Waals surface area contributed by atoms with Crippen LogP contribution >= 0.6 is 15.9 Å². The molecule has 2 atom stereocenters. The van der Waals surface area contributed by atoms with Crippen molar-refractivity contribution >= 4 is 15.9 Å². The first-order valence-corrected chi connectivity index (χ1v) is 6.63. The first-order valence-electron chi connectivity index (χ1n) is 5.83. The molecule has 2 nitrogen and oxygen atoms in total. The smallest absolute Gasteiger partial charge is 0.0876 e. The molecule has 16 heavy (non-hydrogen) atoms. The molecule has 0 spiro atoms. The van der Waals surface area contributed by atoms with E-state index in [4.69, 9.17) is 4.74 Å². The standard InChI is InChI=1S/C13H18BrNO/c1-15-9-10-5-4-8-16-13(10)11-6-2-3-7-12(11)14/h2-3,6-7,10,13,15H,4-5,8-9H2,1H3. The molecule has 0 aliphatic carbocycles. The van der Waals surface area contributed by atoms with Crippen molar-refractivity contribution in [3.63, 3.8) is 0 Å². The van der Waals surface area contributed by atoms with Gasteiger partial charge in [-0.3, -0.25) is 0 Å². The third kappa shape index (κ3) is 2.65. The van der Waals surface area contributed by atoms with Crippen LogP contribution < -0.4 is 5.32 Å². The molecule has 1 aromatic rings. The largest absolute Gasteiger partial charge is 0.373 e. The van der Waals surface area contributed by atoms with E-state index >= 15 is 0 Å². The molecule has 0 saturated carbocycles. The van der Waals surface area contributed by atoms with Crippen LogP contribution in [0.1, 0.15) is 24.5 Å². The number of nitrogens with one attached hydrogen (secondary N) is 1. The van der Waals surface area contributed by atoms with Gasteiger partial charge in [-0.15, -0.1) is 0 Å². The van der Waals surface area contributed by atoms with Gasteiger partial charge in [0, 0.05) is 23.5 Å². The summed E-state index contributed by atoms with van der Waals surface area (Å²) in [5.74, 6) is 0.581. The van der Waals surface area contributed by atoms with Gasteiger partial charge in [0.25, 0.3) is 0 Å². The van der Waals surface area contributed by atoms with E-state index in [9.17, 15) is 0 Å². The minimum absolute atomic E-state index is 0.233. The van der Waals surface area contributed by atoms with Crippen molar-refractivity contribution < 1.29 is 4.74 Å². The Morgan fingerprint density at radius 3 is 3.00 bits per heavy atom. The van der Waals surface area contributed by atoms with Crippen LogP contribution in [0, 0.1) is 5.92 Å². The third-order valence-corrected chi connectivity index (χ3v) is 3.85. The van der Waals surface area contributed by atoms with Crippen molar-refractivity contribution in [3.8, 4) is 0 Å². The Balaban J connectivity index is 2.19. The highest BCUT2D eigenvalue weighted by molar-refractivity contribution is 9.10. The maximum Gasteiger partial charge on any atom is 0.0876 e. The second-order valence-electron chi connectivity index (χ2n) is 4.27. The van der Waals surface area contributed by atoms with Gasteiger partial charge in [0.05, 0.1) is 6.10 Å². The molecule has 1 heterocycles. The first kappa shape index (κ1) is 12.1. The molecule has 0 radical (unpaired) electrons. The molecule has 2 unspecified atom stereocenters. The Kier molecular flexibility index (Phi) is 4.38. The topological polar surface area (TPSA) is 21.3 Å². The zero-order chi connectivity index (χ0) is 11.4. The van der Waals surface area contributed by atoms with Crippen LogP contribution in [0.2, 0.25) is 0 Å².